The molecule has 1 atom stereocenters. The van der Waals surface area contributed by atoms with E-state index in [1.165, 1.54) is 5.56 Å². The van der Waals surface area contributed by atoms with E-state index in [2.05, 4.69) is 33.7 Å². The molecule has 6 nitrogen and oxygen atoms in total. The summed E-state index contributed by atoms with van der Waals surface area (Å²) in [5.74, 6) is 1.67. The molecule has 0 saturated heterocycles. The molecule has 0 fully saturated rings. The molecule has 0 amide bonds. The zero-order valence-corrected chi connectivity index (χ0v) is 14.9. The average molecular weight is 329 g/mol. The summed E-state index contributed by atoms with van der Waals surface area (Å²) in [5, 5.41) is 10.7. The van der Waals surface area contributed by atoms with Crippen LogP contribution in [0, 0.1) is 6.92 Å². The van der Waals surface area contributed by atoms with Gasteiger partial charge in [0.05, 0.1) is 19.3 Å². The third kappa shape index (κ3) is 5.95. The van der Waals surface area contributed by atoms with E-state index in [1.807, 2.05) is 51.5 Å². The van der Waals surface area contributed by atoms with E-state index >= 15 is 0 Å². The molecule has 0 aliphatic rings. The highest BCUT2D eigenvalue weighted by Gasteiger charge is 2.06. The van der Waals surface area contributed by atoms with Crippen LogP contribution in [-0.4, -0.2) is 34.9 Å². The van der Waals surface area contributed by atoms with Crippen molar-refractivity contribution in [3.63, 3.8) is 0 Å². The molecule has 0 aliphatic heterocycles. The summed E-state index contributed by atoms with van der Waals surface area (Å²) in [7, 11) is 1.90. The zero-order chi connectivity index (χ0) is 17.4. The van der Waals surface area contributed by atoms with Gasteiger partial charge in [-0.1, -0.05) is 12.1 Å². The lowest BCUT2D eigenvalue weighted by Gasteiger charge is -2.18. The summed E-state index contributed by atoms with van der Waals surface area (Å²) in [5.41, 5.74) is 2.28. The molecule has 0 radical (unpaired) electrons. The van der Waals surface area contributed by atoms with Gasteiger partial charge in [-0.15, -0.1) is 0 Å². The average Bonchev–Trinajstić information content (AvgIpc) is 2.95. The Bertz CT molecular complexity index is 665. The fourth-order valence-corrected chi connectivity index (χ4v) is 2.27. The van der Waals surface area contributed by atoms with E-state index in [1.54, 1.807) is 4.68 Å². The van der Waals surface area contributed by atoms with Crippen molar-refractivity contribution in [1.82, 2.24) is 20.4 Å². The van der Waals surface area contributed by atoms with Crippen LogP contribution in [0.2, 0.25) is 0 Å². The van der Waals surface area contributed by atoms with Crippen molar-refractivity contribution in [1.29, 1.82) is 0 Å². The van der Waals surface area contributed by atoms with Gasteiger partial charge in [-0.25, -0.2) is 4.99 Å². The van der Waals surface area contributed by atoms with Crippen LogP contribution in [0.5, 0.6) is 5.75 Å². The molecule has 0 bridgehead atoms. The highest BCUT2D eigenvalue weighted by atomic mass is 16.5. The monoisotopic (exact) mass is 329 g/mol. The topological polar surface area (TPSA) is 63.5 Å². The number of aliphatic imine (C=N–C) groups is 1. The van der Waals surface area contributed by atoms with Crippen LogP contribution < -0.4 is 15.4 Å². The second-order valence-corrected chi connectivity index (χ2v) is 5.84. The molecule has 2 rings (SSSR count). The van der Waals surface area contributed by atoms with Crippen molar-refractivity contribution in [3.8, 4) is 5.75 Å². The van der Waals surface area contributed by atoms with E-state index in [0.29, 0.717) is 13.1 Å². The minimum absolute atomic E-state index is 0.0362. The summed E-state index contributed by atoms with van der Waals surface area (Å²) >= 11 is 0. The van der Waals surface area contributed by atoms with Gasteiger partial charge in [0, 0.05) is 25.4 Å². The molecule has 1 heterocycles. The third-order valence-corrected chi connectivity index (χ3v) is 3.41. The normalized spacial score (nSPS) is 12.8. The molecule has 1 unspecified atom stereocenters. The lowest BCUT2D eigenvalue weighted by Crippen LogP contribution is -2.41. The van der Waals surface area contributed by atoms with Crippen LogP contribution in [0.15, 0.2) is 41.7 Å². The third-order valence-electron chi connectivity index (χ3n) is 3.41. The number of hydrogen-bond acceptors (Lipinski definition) is 3. The standard InChI is InChI=1S/C18H27N5O/c1-5-19-18(21-11-16-12-22-23(4)13-16)20-10-15(3)24-17-8-6-7-14(2)9-17/h6-9,12-13,15H,5,10-11H2,1-4H3,(H2,19,20,21). The maximum atomic E-state index is 5.93. The number of rotatable bonds is 7. The van der Waals surface area contributed by atoms with Crippen LogP contribution in [-0.2, 0) is 13.6 Å². The quantitative estimate of drug-likeness (QED) is 0.604. The van der Waals surface area contributed by atoms with Crippen LogP contribution >= 0.6 is 0 Å². The van der Waals surface area contributed by atoms with Crippen molar-refractivity contribution in [2.24, 2.45) is 12.0 Å². The molecule has 1 aromatic carbocycles. The summed E-state index contributed by atoms with van der Waals surface area (Å²) in [4.78, 5) is 4.58. The molecule has 0 aliphatic carbocycles. The van der Waals surface area contributed by atoms with Gasteiger partial charge in [0.2, 0.25) is 0 Å². The fraction of sp³-hybridized carbons (Fsp3) is 0.444. The van der Waals surface area contributed by atoms with E-state index in [9.17, 15) is 0 Å². The van der Waals surface area contributed by atoms with Gasteiger partial charge < -0.3 is 15.4 Å². The fourth-order valence-electron chi connectivity index (χ4n) is 2.27. The van der Waals surface area contributed by atoms with Crippen LogP contribution in [0.1, 0.15) is 25.0 Å². The van der Waals surface area contributed by atoms with Gasteiger partial charge in [0.15, 0.2) is 5.96 Å². The largest absolute Gasteiger partial charge is 0.489 e. The highest BCUT2D eigenvalue weighted by molar-refractivity contribution is 5.79. The molecule has 6 heteroatoms. The van der Waals surface area contributed by atoms with E-state index in [4.69, 9.17) is 4.74 Å². The Hall–Kier alpha value is -2.50. The molecule has 0 saturated carbocycles. The first-order valence-electron chi connectivity index (χ1n) is 8.30. The van der Waals surface area contributed by atoms with Gasteiger partial charge in [0.1, 0.15) is 11.9 Å². The Kier molecular flexibility index (Phi) is 6.66. The first-order valence-corrected chi connectivity index (χ1v) is 8.30. The second kappa shape index (κ2) is 8.96. The second-order valence-electron chi connectivity index (χ2n) is 5.84. The van der Waals surface area contributed by atoms with Gasteiger partial charge >= 0.3 is 0 Å². The number of benzene rings is 1. The smallest absolute Gasteiger partial charge is 0.191 e. The predicted molar refractivity (Wildman–Crippen MR) is 97.3 cm³/mol. The molecule has 130 valence electrons. The highest BCUT2D eigenvalue weighted by Crippen LogP contribution is 2.13. The predicted octanol–water partition coefficient (Wildman–Crippen LogP) is 2.25. The molecular weight excluding hydrogens is 302 g/mol. The molecule has 1 aromatic heterocycles. The summed E-state index contributed by atoms with van der Waals surface area (Å²) in [6.45, 7) is 8.23. The van der Waals surface area contributed by atoms with Crippen molar-refractivity contribution in [2.45, 2.75) is 33.4 Å². The number of aryl methyl sites for hydroxylation is 2. The van der Waals surface area contributed by atoms with E-state index < -0.39 is 0 Å². The Morgan fingerprint density at radius 2 is 2.21 bits per heavy atom. The molecule has 24 heavy (non-hydrogen) atoms. The van der Waals surface area contributed by atoms with Crippen molar-refractivity contribution in [3.05, 3.63) is 47.8 Å². The Morgan fingerprint density at radius 1 is 1.38 bits per heavy atom. The summed E-state index contributed by atoms with van der Waals surface area (Å²) in [6.07, 6.45) is 3.83. The lowest BCUT2D eigenvalue weighted by atomic mass is 10.2. The maximum absolute atomic E-state index is 5.93. The minimum atomic E-state index is 0.0362. The van der Waals surface area contributed by atoms with Gasteiger partial charge in [-0.3, -0.25) is 4.68 Å². The molecule has 2 aromatic rings. The number of aromatic nitrogens is 2. The number of ether oxygens (including phenoxy) is 1. The minimum Gasteiger partial charge on any atom is -0.489 e. The number of nitrogens with one attached hydrogen (secondary N) is 2. The first-order chi connectivity index (χ1) is 11.6. The number of guanidine groups is 1. The molecule has 0 spiro atoms. The van der Waals surface area contributed by atoms with E-state index in [0.717, 1.165) is 23.8 Å². The van der Waals surface area contributed by atoms with Gasteiger partial charge in [-0.2, -0.15) is 5.10 Å². The van der Waals surface area contributed by atoms with Gasteiger partial charge in [-0.05, 0) is 38.5 Å². The Balaban J connectivity index is 1.85. The van der Waals surface area contributed by atoms with E-state index in [-0.39, 0.29) is 6.10 Å². The molecular formula is C18H27N5O. The number of nitrogens with zero attached hydrogens (tertiary/aromatic N) is 3. The SMILES string of the molecule is CCNC(=NCc1cnn(C)c1)NCC(C)Oc1cccc(C)c1. The summed E-state index contributed by atoms with van der Waals surface area (Å²) < 4.78 is 7.71. The Labute approximate surface area is 143 Å². The Morgan fingerprint density at radius 3 is 2.88 bits per heavy atom. The summed E-state index contributed by atoms with van der Waals surface area (Å²) in [6, 6.07) is 8.08. The molecule has 2 N–H and O–H groups in total. The van der Waals surface area contributed by atoms with Gasteiger partial charge in [0.25, 0.3) is 0 Å². The van der Waals surface area contributed by atoms with Crippen LogP contribution in [0.4, 0.5) is 0 Å². The number of hydrogen-bond donors (Lipinski definition) is 2. The van der Waals surface area contributed by atoms with Crippen molar-refractivity contribution >= 4 is 5.96 Å². The van der Waals surface area contributed by atoms with Crippen molar-refractivity contribution in [2.75, 3.05) is 13.1 Å². The van der Waals surface area contributed by atoms with Crippen molar-refractivity contribution < 1.29 is 4.74 Å². The zero-order valence-electron chi connectivity index (χ0n) is 14.9. The van der Waals surface area contributed by atoms with Crippen LogP contribution in [0.3, 0.4) is 0 Å². The first kappa shape index (κ1) is 17.8. The van der Waals surface area contributed by atoms with Crippen LogP contribution in [0.25, 0.3) is 0 Å². The lowest BCUT2D eigenvalue weighted by molar-refractivity contribution is 0.223. The maximum Gasteiger partial charge on any atom is 0.191 e.